The maximum atomic E-state index is 2.29. The molecule has 0 saturated heterocycles. The zero-order valence-corrected chi connectivity index (χ0v) is 11.6. The van der Waals surface area contributed by atoms with Gasteiger partial charge in [-0.25, -0.2) is 0 Å². The molecule has 0 spiro atoms. The van der Waals surface area contributed by atoms with Gasteiger partial charge in [-0.15, -0.1) is 22.7 Å². The summed E-state index contributed by atoms with van der Waals surface area (Å²) < 4.78 is 0. The van der Waals surface area contributed by atoms with E-state index in [0.717, 1.165) is 0 Å². The first-order chi connectivity index (χ1) is 7.86. The normalized spacial score (nSPS) is 10.9. The minimum Gasteiger partial charge on any atom is -0.143 e. The van der Waals surface area contributed by atoms with Gasteiger partial charge in [0.25, 0.3) is 0 Å². The van der Waals surface area contributed by atoms with Crippen LogP contribution < -0.4 is 0 Å². The van der Waals surface area contributed by atoms with E-state index in [1.165, 1.54) is 46.6 Å². The molecule has 16 heavy (non-hydrogen) atoms. The van der Waals surface area contributed by atoms with Crippen molar-refractivity contribution >= 4 is 22.7 Å². The fourth-order valence-corrected chi connectivity index (χ4v) is 4.15. The molecule has 0 unspecified atom stereocenters. The first kappa shape index (κ1) is 11.9. The number of aryl methyl sites for hydroxylation is 2. The second kappa shape index (κ2) is 5.65. The molecule has 0 atom stereocenters. The van der Waals surface area contributed by atoms with Crippen LogP contribution in [-0.2, 0) is 12.8 Å². The quantitative estimate of drug-likeness (QED) is 0.668. The van der Waals surface area contributed by atoms with Crippen LogP contribution in [0.15, 0.2) is 22.9 Å². The third-order valence-corrected chi connectivity index (χ3v) is 4.82. The van der Waals surface area contributed by atoms with Crippen molar-refractivity contribution in [2.24, 2.45) is 0 Å². The molecule has 0 saturated carbocycles. The monoisotopic (exact) mass is 250 g/mol. The molecule has 0 bridgehead atoms. The molecule has 2 heteroatoms. The summed E-state index contributed by atoms with van der Waals surface area (Å²) in [5.41, 5.74) is 3.07. The topological polar surface area (TPSA) is 0 Å². The fourth-order valence-electron chi connectivity index (χ4n) is 2.00. The van der Waals surface area contributed by atoms with E-state index in [0.29, 0.717) is 0 Å². The van der Waals surface area contributed by atoms with Crippen molar-refractivity contribution in [3.8, 4) is 9.75 Å². The summed E-state index contributed by atoms with van der Waals surface area (Å²) in [7, 11) is 0. The molecule has 0 aromatic carbocycles. The molecular weight excluding hydrogens is 232 g/mol. The van der Waals surface area contributed by atoms with Crippen molar-refractivity contribution in [1.29, 1.82) is 0 Å². The Bertz CT molecular complexity index is 395. The Morgan fingerprint density at radius 1 is 0.812 bits per heavy atom. The van der Waals surface area contributed by atoms with Crippen LogP contribution in [0.2, 0.25) is 0 Å². The van der Waals surface area contributed by atoms with Gasteiger partial charge in [-0.1, -0.05) is 26.7 Å². The zero-order valence-electron chi connectivity index (χ0n) is 9.95. The van der Waals surface area contributed by atoms with Gasteiger partial charge in [-0.05, 0) is 46.9 Å². The highest BCUT2D eigenvalue weighted by atomic mass is 32.1. The lowest BCUT2D eigenvalue weighted by atomic mass is 10.1. The van der Waals surface area contributed by atoms with Crippen molar-refractivity contribution in [2.45, 2.75) is 39.5 Å². The Kier molecular flexibility index (Phi) is 4.19. The summed E-state index contributed by atoms with van der Waals surface area (Å²) >= 11 is 3.80. The van der Waals surface area contributed by atoms with Crippen LogP contribution in [0.5, 0.6) is 0 Å². The molecule has 0 aliphatic heterocycles. The number of hydrogen-bond acceptors (Lipinski definition) is 2. The average molecular weight is 250 g/mol. The molecule has 0 fully saturated rings. The molecule has 2 aromatic rings. The van der Waals surface area contributed by atoms with Gasteiger partial charge in [0, 0.05) is 9.75 Å². The minimum absolute atomic E-state index is 1.21. The zero-order chi connectivity index (χ0) is 11.4. The lowest BCUT2D eigenvalue weighted by molar-refractivity contribution is 0.921. The molecule has 0 aliphatic rings. The smallest absolute Gasteiger partial charge is 0.0477 e. The van der Waals surface area contributed by atoms with Gasteiger partial charge in [-0.2, -0.15) is 0 Å². The summed E-state index contributed by atoms with van der Waals surface area (Å²) in [5, 5.41) is 4.46. The van der Waals surface area contributed by atoms with Gasteiger partial charge in [-0.3, -0.25) is 0 Å². The van der Waals surface area contributed by atoms with Gasteiger partial charge in [0.15, 0.2) is 0 Å². The Balaban J connectivity index is 2.34. The molecule has 86 valence electrons. The van der Waals surface area contributed by atoms with Gasteiger partial charge in [0.05, 0.1) is 0 Å². The highest BCUT2D eigenvalue weighted by Crippen LogP contribution is 2.37. The molecule has 0 amide bonds. The Hall–Kier alpha value is -0.600. The summed E-state index contributed by atoms with van der Waals surface area (Å²) in [6.45, 7) is 4.51. The van der Waals surface area contributed by atoms with Crippen LogP contribution in [0.25, 0.3) is 9.75 Å². The van der Waals surface area contributed by atoms with E-state index in [2.05, 4.69) is 36.7 Å². The van der Waals surface area contributed by atoms with E-state index < -0.39 is 0 Å². The summed E-state index contributed by atoms with van der Waals surface area (Å²) in [4.78, 5) is 3.03. The molecule has 2 heterocycles. The highest BCUT2D eigenvalue weighted by molar-refractivity contribution is 7.20. The second-order valence-corrected chi connectivity index (χ2v) is 5.88. The first-order valence-electron chi connectivity index (χ1n) is 5.99. The van der Waals surface area contributed by atoms with Crippen molar-refractivity contribution in [3.63, 3.8) is 0 Å². The average Bonchev–Trinajstić information content (AvgIpc) is 2.87. The number of rotatable bonds is 5. The molecule has 2 rings (SSSR count). The van der Waals surface area contributed by atoms with Crippen LogP contribution in [-0.4, -0.2) is 0 Å². The van der Waals surface area contributed by atoms with Crippen LogP contribution in [0.1, 0.15) is 37.8 Å². The third kappa shape index (κ3) is 2.38. The van der Waals surface area contributed by atoms with Crippen molar-refractivity contribution in [3.05, 3.63) is 34.0 Å². The lowest BCUT2D eigenvalue weighted by Crippen LogP contribution is -1.85. The van der Waals surface area contributed by atoms with Gasteiger partial charge >= 0.3 is 0 Å². The molecule has 0 N–H and O–H groups in total. The van der Waals surface area contributed by atoms with Crippen molar-refractivity contribution in [1.82, 2.24) is 0 Å². The van der Waals surface area contributed by atoms with E-state index in [1.807, 2.05) is 22.7 Å². The van der Waals surface area contributed by atoms with Crippen LogP contribution in [0.4, 0.5) is 0 Å². The maximum Gasteiger partial charge on any atom is 0.0477 e. The largest absolute Gasteiger partial charge is 0.143 e. The maximum absolute atomic E-state index is 2.29. The summed E-state index contributed by atoms with van der Waals surface area (Å²) in [5.74, 6) is 0. The molecule has 2 aromatic heterocycles. The van der Waals surface area contributed by atoms with E-state index in [-0.39, 0.29) is 0 Å². The molecule has 0 radical (unpaired) electrons. The molecular formula is C14H18S2. The Morgan fingerprint density at radius 2 is 1.25 bits per heavy atom. The minimum atomic E-state index is 1.21. The van der Waals surface area contributed by atoms with Gasteiger partial charge in [0.1, 0.15) is 0 Å². The van der Waals surface area contributed by atoms with Crippen LogP contribution in [0, 0.1) is 0 Å². The van der Waals surface area contributed by atoms with Gasteiger partial charge < -0.3 is 0 Å². The van der Waals surface area contributed by atoms with E-state index in [9.17, 15) is 0 Å². The lowest BCUT2D eigenvalue weighted by Gasteiger charge is -2.03. The van der Waals surface area contributed by atoms with Crippen LogP contribution in [0.3, 0.4) is 0 Å². The fraction of sp³-hybridized carbons (Fsp3) is 0.429. The van der Waals surface area contributed by atoms with E-state index in [1.54, 1.807) is 0 Å². The number of thiophene rings is 2. The predicted octanol–water partition coefficient (Wildman–Crippen LogP) is 5.38. The van der Waals surface area contributed by atoms with Crippen LogP contribution >= 0.6 is 22.7 Å². The van der Waals surface area contributed by atoms with Gasteiger partial charge in [0.2, 0.25) is 0 Å². The molecule has 0 nitrogen and oxygen atoms in total. The Labute approximate surface area is 106 Å². The predicted molar refractivity (Wildman–Crippen MR) is 75.6 cm³/mol. The van der Waals surface area contributed by atoms with E-state index >= 15 is 0 Å². The number of hydrogen-bond donors (Lipinski definition) is 0. The SMILES string of the molecule is CCCc1ccsc1-c1sccc1CCC. The second-order valence-electron chi connectivity index (χ2n) is 4.05. The summed E-state index contributed by atoms with van der Waals surface area (Å²) in [6, 6.07) is 4.58. The standard InChI is InChI=1S/C14H18S2/c1-3-5-11-7-9-15-13(11)14-12(6-4-2)8-10-16-14/h7-10H,3-6H2,1-2H3. The highest BCUT2D eigenvalue weighted by Gasteiger charge is 2.11. The summed E-state index contributed by atoms with van der Waals surface area (Å²) in [6.07, 6.45) is 4.89. The van der Waals surface area contributed by atoms with E-state index in [4.69, 9.17) is 0 Å². The first-order valence-corrected chi connectivity index (χ1v) is 7.75. The molecule has 0 aliphatic carbocycles. The third-order valence-electron chi connectivity index (χ3n) is 2.74. The van der Waals surface area contributed by atoms with Crippen molar-refractivity contribution < 1.29 is 0 Å². The van der Waals surface area contributed by atoms with Crippen molar-refractivity contribution in [2.75, 3.05) is 0 Å². The Morgan fingerprint density at radius 3 is 1.62 bits per heavy atom.